The van der Waals surface area contributed by atoms with Gasteiger partial charge in [-0.25, -0.2) is 0 Å². The van der Waals surface area contributed by atoms with Crippen molar-refractivity contribution in [3.63, 3.8) is 0 Å². The molecule has 0 spiro atoms. The SMILES string of the molecule is CC(C)NCC1CCCN(c2ccc(C(F)(F)F)nn2)C1. The summed E-state index contributed by atoms with van der Waals surface area (Å²) in [6.45, 7) is 6.74. The summed E-state index contributed by atoms with van der Waals surface area (Å²) in [4.78, 5) is 2.02. The number of halogens is 3. The number of hydrogen-bond acceptors (Lipinski definition) is 4. The second-order valence-corrected chi connectivity index (χ2v) is 5.79. The van der Waals surface area contributed by atoms with Gasteiger partial charge in [-0.1, -0.05) is 13.8 Å². The van der Waals surface area contributed by atoms with Crippen molar-refractivity contribution in [2.75, 3.05) is 24.5 Å². The molecule has 7 heteroatoms. The van der Waals surface area contributed by atoms with Gasteiger partial charge in [0.25, 0.3) is 0 Å². The number of hydrogen-bond donors (Lipinski definition) is 1. The predicted molar refractivity (Wildman–Crippen MR) is 75.1 cm³/mol. The van der Waals surface area contributed by atoms with Crippen LogP contribution in [0.4, 0.5) is 19.0 Å². The molecule has 2 rings (SSSR count). The summed E-state index contributed by atoms with van der Waals surface area (Å²) >= 11 is 0. The van der Waals surface area contributed by atoms with Gasteiger partial charge in [0.2, 0.25) is 0 Å². The van der Waals surface area contributed by atoms with Crippen LogP contribution in [0, 0.1) is 5.92 Å². The molecular formula is C14H21F3N4. The minimum atomic E-state index is -4.43. The lowest BCUT2D eigenvalue weighted by molar-refractivity contribution is -0.141. The molecule has 1 aromatic rings. The van der Waals surface area contributed by atoms with Crippen LogP contribution in [0.2, 0.25) is 0 Å². The molecule has 1 N–H and O–H groups in total. The minimum absolute atomic E-state index is 0.436. The molecule has 1 unspecified atom stereocenters. The molecule has 1 aliphatic rings. The van der Waals surface area contributed by atoms with Crippen LogP contribution in [-0.2, 0) is 6.18 Å². The first-order valence-electron chi connectivity index (χ1n) is 7.25. The summed E-state index contributed by atoms with van der Waals surface area (Å²) in [5.41, 5.74) is -0.943. The van der Waals surface area contributed by atoms with Crippen molar-refractivity contribution in [1.29, 1.82) is 0 Å². The lowest BCUT2D eigenvalue weighted by atomic mass is 9.98. The second kappa shape index (κ2) is 6.60. The minimum Gasteiger partial charge on any atom is -0.355 e. The Morgan fingerprint density at radius 1 is 1.33 bits per heavy atom. The van der Waals surface area contributed by atoms with Gasteiger partial charge in [-0.05, 0) is 37.4 Å². The summed E-state index contributed by atoms with van der Waals surface area (Å²) in [6.07, 6.45) is -2.28. The Bertz CT molecular complexity index is 445. The molecule has 1 saturated heterocycles. The van der Waals surface area contributed by atoms with E-state index in [0.717, 1.165) is 38.5 Å². The third kappa shape index (κ3) is 4.56. The normalized spacial score (nSPS) is 20.1. The highest BCUT2D eigenvalue weighted by Crippen LogP contribution is 2.28. The monoisotopic (exact) mass is 302 g/mol. The molecule has 0 bridgehead atoms. The summed E-state index contributed by atoms with van der Waals surface area (Å²) < 4.78 is 37.4. The average Bonchev–Trinajstić information content (AvgIpc) is 2.45. The van der Waals surface area contributed by atoms with Gasteiger partial charge >= 0.3 is 6.18 Å². The smallest absolute Gasteiger partial charge is 0.355 e. The zero-order valence-electron chi connectivity index (χ0n) is 12.3. The van der Waals surface area contributed by atoms with Gasteiger partial charge in [0.05, 0.1) is 0 Å². The molecular weight excluding hydrogens is 281 g/mol. The number of alkyl halides is 3. The molecule has 118 valence electrons. The summed E-state index contributed by atoms with van der Waals surface area (Å²) in [7, 11) is 0. The molecule has 1 aliphatic heterocycles. The van der Waals surface area contributed by atoms with Gasteiger partial charge in [-0.3, -0.25) is 0 Å². The number of nitrogens with zero attached hydrogens (tertiary/aromatic N) is 3. The lowest BCUT2D eigenvalue weighted by Gasteiger charge is -2.33. The van der Waals surface area contributed by atoms with Crippen LogP contribution in [0.15, 0.2) is 12.1 Å². The van der Waals surface area contributed by atoms with Crippen LogP contribution in [-0.4, -0.2) is 35.9 Å². The van der Waals surface area contributed by atoms with Crippen molar-refractivity contribution in [2.24, 2.45) is 5.92 Å². The van der Waals surface area contributed by atoms with E-state index in [-0.39, 0.29) is 0 Å². The topological polar surface area (TPSA) is 41.0 Å². The van der Waals surface area contributed by atoms with Crippen molar-refractivity contribution in [1.82, 2.24) is 15.5 Å². The molecule has 21 heavy (non-hydrogen) atoms. The van der Waals surface area contributed by atoms with Crippen LogP contribution in [0.25, 0.3) is 0 Å². The molecule has 4 nitrogen and oxygen atoms in total. The summed E-state index contributed by atoms with van der Waals surface area (Å²) in [5.74, 6) is 1.02. The fourth-order valence-corrected chi connectivity index (χ4v) is 2.49. The van der Waals surface area contributed by atoms with Crippen LogP contribution in [0.1, 0.15) is 32.4 Å². The van der Waals surface area contributed by atoms with Crippen LogP contribution < -0.4 is 10.2 Å². The van der Waals surface area contributed by atoms with E-state index in [1.165, 1.54) is 6.07 Å². The molecule has 1 aromatic heterocycles. The van der Waals surface area contributed by atoms with Gasteiger partial charge < -0.3 is 10.2 Å². The first-order chi connectivity index (χ1) is 9.86. The highest BCUT2D eigenvalue weighted by molar-refractivity contribution is 5.38. The second-order valence-electron chi connectivity index (χ2n) is 5.79. The van der Waals surface area contributed by atoms with Gasteiger partial charge in [0.1, 0.15) is 0 Å². The molecule has 0 aliphatic carbocycles. The maximum absolute atomic E-state index is 12.5. The van der Waals surface area contributed by atoms with Crippen LogP contribution in [0.5, 0.6) is 0 Å². The first-order valence-corrected chi connectivity index (χ1v) is 7.25. The predicted octanol–water partition coefficient (Wildman–Crippen LogP) is 2.71. The molecule has 0 saturated carbocycles. The van der Waals surface area contributed by atoms with Gasteiger partial charge in [-0.15, -0.1) is 10.2 Å². The third-order valence-electron chi connectivity index (χ3n) is 3.60. The number of aromatic nitrogens is 2. The highest BCUT2D eigenvalue weighted by Gasteiger charge is 2.33. The molecule has 1 atom stereocenters. The van der Waals surface area contributed by atoms with Gasteiger partial charge in [-0.2, -0.15) is 13.2 Å². The van der Waals surface area contributed by atoms with Gasteiger partial charge in [0.15, 0.2) is 11.5 Å². The quantitative estimate of drug-likeness (QED) is 0.928. The van der Waals surface area contributed by atoms with Crippen molar-refractivity contribution in [3.05, 3.63) is 17.8 Å². The summed E-state index contributed by atoms with van der Waals surface area (Å²) in [5, 5.41) is 10.4. The van der Waals surface area contributed by atoms with Crippen LogP contribution >= 0.6 is 0 Å². The van der Waals surface area contributed by atoms with Crippen LogP contribution in [0.3, 0.4) is 0 Å². The number of piperidine rings is 1. The van der Waals surface area contributed by atoms with Crippen molar-refractivity contribution in [2.45, 2.75) is 38.9 Å². The number of rotatable bonds is 4. The Morgan fingerprint density at radius 3 is 2.67 bits per heavy atom. The fourth-order valence-electron chi connectivity index (χ4n) is 2.49. The molecule has 0 amide bonds. The van der Waals surface area contributed by atoms with E-state index in [1.807, 2.05) is 4.90 Å². The first kappa shape index (κ1) is 16.0. The Morgan fingerprint density at radius 2 is 2.10 bits per heavy atom. The van der Waals surface area contributed by atoms with E-state index < -0.39 is 11.9 Å². The van der Waals surface area contributed by atoms with E-state index >= 15 is 0 Å². The lowest BCUT2D eigenvalue weighted by Crippen LogP contribution is -2.41. The maximum Gasteiger partial charge on any atom is 0.435 e. The Balaban J connectivity index is 1.97. The maximum atomic E-state index is 12.5. The van der Waals surface area contributed by atoms with E-state index in [0.29, 0.717) is 17.8 Å². The fraction of sp³-hybridized carbons (Fsp3) is 0.714. The van der Waals surface area contributed by atoms with E-state index in [9.17, 15) is 13.2 Å². The largest absolute Gasteiger partial charge is 0.435 e. The van der Waals surface area contributed by atoms with Gasteiger partial charge in [0, 0.05) is 19.1 Å². The zero-order chi connectivity index (χ0) is 15.5. The Hall–Kier alpha value is -1.37. The van der Waals surface area contributed by atoms with E-state index in [4.69, 9.17) is 0 Å². The average molecular weight is 302 g/mol. The molecule has 0 radical (unpaired) electrons. The number of nitrogens with one attached hydrogen (secondary N) is 1. The molecule has 2 heterocycles. The van der Waals surface area contributed by atoms with E-state index in [2.05, 4.69) is 29.4 Å². The Kier molecular flexibility index (Phi) is 5.03. The van der Waals surface area contributed by atoms with E-state index in [1.54, 1.807) is 0 Å². The van der Waals surface area contributed by atoms with Crippen molar-refractivity contribution in [3.8, 4) is 0 Å². The third-order valence-corrected chi connectivity index (χ3v) is 3.60. The summed E-state index contributed by atoms with van der Waals surface area (Å²) in [6, 6.07) is 2.85. The zero-order valence-corrected chi connectivity index (χ0v) is 12.3. The molecule has 1 fully saturated rings. The molecule has 0 aromatic carbocycles. The highest BCUT2D eigenvalue weighted by atomic mass is 19.4. The standard InChI is InChI=1S/C14H21F3N4/c1-10(2)18-8-11-4-3-7-21(9-11)13-6-5-12(19-20-13)14(15,16)17/h5-6,10-11,18H,3-4,7-9H2,1-2H3. The van der Waals surface area contributed by atoms with Crippen molar-refractivity contribution < 1.29 is 13.2 Å². The Labute approximate surface area is 122 Å². The van der Waals surface area contributed by atoms with Crippen molar-refractivity contribution >= 4 is 5.82 Å². The number of anilines is 1.